The third kappa shape index (κ3) is 3.07. The maximum atomic E-state index is 12.1. The maximum Gasteiger partial charge on any atom is 0.271 e. The van der Waals surface area contributed by atoms with Crippen molar-refractivity contribution in [1.82, 2.24) is 15.1 Å². The number of nitrogens with one attached hydrogen (secondary N) is 1. The number of nitrogens with two attached hydrogens (primary N) is 1. The zero-order chi connectivity index (χ0) is 13.8. The predicted octanol–water partition coefficient (Wildman–Crippen LogP) is 0.950. The Morgan fingerprint density at radius 1 is 1.63 bits per heavy atom. The Hall–Kier alpha value is -1.56. The van der Waals surface area contributed by atoms with Crippen molar-refractivity contribution in [3.8, 4) is 0 Å². The Bertz CT molecular complexity index is 450. The van der Waals surface area contributed by atoms with Gasteiger partial charge in [0.2, 0.25) is 0 Å². The van der Waals surface area contributed by atoms with E-state index in [1.165, 1.54) is 0 Å². The number of aryl methyl sites for hydroxylation is 2. The van der Waals surface area contributed by atoms with Crippen molar-refractivity contribution in [2.24, 2.45) is 5.92 Å². The van der Waals surface area contributed by atoms with Crippen molar-refractivity contribution in [2.75, 3.05) is 25.5 Å². The van der Waals surface area contributed by atoms with Crippen LogP contribution in [0.1, 0.15) is 35.9 Å². The van der Waals surface area contributed by atoms with Crippen LogP contribution < -0.4 is 11.1 Å². The summed E-state index contributed by atoms with van der Waals surface area (Å²) < 4.78 is 6.96. The van der Waals surface area contributed by atoms with Crippen LogP contribution in [0, 0.1) is 12.8 Å². The number of hydrogen-bond acceptors (Lipinski definition) is 4. The fourth-order valence-corrected chi connectivity index (χ4v) is 2.35. The van der Waals surface area contributed by atoms with Crippen LogP contribution in [0.15, 0.2) is 0 Å². The number of amides is 1. The molecule has 19 heavy (non-hydrogen) atoms. The molecule has 2 rings (SSSR count). The van der Waals surface area contributed by atoms with E-state index in [1.807, 2.05) is 13.8 Å². The number of carbonyl (C=O) groups excluding carboxylic acids is 1. The number of nitrogens with zero attached hydrogens (tertiary/aromatic N) is 2. The SMILES string of the molecule is CCn1nc(C)c(N)c1C(=O)NCCC1CCOC1. The minimum atomic E-state index is -0.140. The zero-order valence-corrected chi connectivity index (χ0v) is 11.6. The third-order valence-corrected chi connectivity index (χ3v) is 3.55. The molecule has 1 aromatic heterocycles. The van der Waals surface area contributed by atoms with Crippen LogP contribution in [0.5, 0.6) is 0 Å². The van der Waals surface area contributed by atoms with Gasteiger partial charge in [0.25, 0.3) is 5.91 Å². The zero-order valence-electron chi connectivity index (χ0n) is 11.6. The van der Waals surface area contributed by atoms with Crippen molar-refractivity contribution in [3.63, 3.8) is 0 Å². The van der Waals surface area contributed by atoms with Crippen molar-refractivity contribution in [3.05, 3.63) is 11.4 Å². The molecule has 6 nitrogen and oxygen atoms in total. The molecule has 0 aliphatic carbocycles. The fourth-order valence-electron chi connectivity index (χ4n) is 2.35. The molecule has 0 aromatic carbocycles. The molecule has 0 bridgehead atoms. The lowest BCUT2D eigenvalue weighted by atomic mass is 10.1. The molecule has 2 heterocycles. The Morgan fingerprint density at radius 3 is 3.05 bits per heavy atom. The molecular weight excluding hydrogens is 244 g/mol. The van der Waals surface area contributed by atoms with E-state index in [4.69, 9.17) is 10.5 Å². The van der Waals surface area contributed by atoms with Gasteiger partial charge in [0.15, 0.2) is 0 Å². The van der Waals surface area contributed by atoms with Gasteiger partial charge in [0.05, 0.1) is 11.4 Å². The molecular formula is C13H22N4O2. The predicted molar refractivity (Wildman–Crippen MR) is 72.9 cm³/mol. The molecule has 6 heteroatoms. The Labute approximate surface area is 113 Å². The molecule has 1 aromatic rings. The number of ether oxygens (including phenoxy) is 1. The number of rotatable bonds is 5. The van der Waals surface area contributed by atoms with Crippen LogP contribution in [0.4, 0.5) is 5.69 Å². The molecule has 0 radical (unpaired) electrons. The summed E-state index contributed by atoms with van der Waals surface area (Å²) in [6.07, 6.45) is 2.04. The van der Waals surface area contributed by atoms with Gasteiger partial charge in [0, 0.05) is 26.3 Å². The van der Waals surface area contributed by atoms with Crippen molar-refractivity contribution in [1.29, 1.82) is 0 Å². The van der Waals surface area contributed by atoms with E-state index in [9.17, 15) is 4.79 Å². The monoisotopic (exact) mass is 266 g/mol. The average Bonchev–Trinajstić information content (AvgIpc) is 2.99. The summed E-state index contributed by atoms with van der Waals surface area (Å²) in [5.74, 6) is 0.425. The number of anilines is 1. The van der Waals surface area contributed by atoms with Crippen LogP contribution >= 0.6 is 0 Å². The average molecular weight is 266 g/mol. The van der Waals surface area contributed by atoms with Gasteiger partial charge >= 0.3 is 0 Å². The number of carbonyl (C=O) groups is 1. The summed E-state index contributed by atoms with van der Waals surface area (Å²) in [4.78, 5) is 12.1. The highest BCUT2D eigenvalue weighted by atomic mass is 16.5. The minimum absolute atomic E-state index is 0.140. The first kappa shape index (κ1) is 13.9. The molecule has 0 spiro atoms. The van der Waals surface area contributed by atoms with Gasteiger partial charge in [0.1, 0.15) is 5.69 Å². The molecule has 106 valence electrons. The van der Waals surface area contributed by atoms with E-state index in [2.05, 4.69) is 10.4 Å². The third-order valence-electron chi connectivity index (χ3n) is 3.55. The van der Waals surface area contributed by atoms with Crippen LogP contribution in [0.25, 0.3) is 0 Å². The normalized spacial score (nSPS) is 18.7. The van der Waals surface area contributed by atoms with Gasteiger partial charge in [-0.1, -0.05) is 0 Å². The summed E-state index contributed by atoms with van der Waals surface area (Å²) >= 11 is 0. The fraction of sp³-hybridized carbons (Fsp3) is 0.692. The highest BCUT2D eigenvalue weighted by Crippen LogP contribution is 2.17. The van der Waals surface area contributed by atoms with E-state index >= 15 is 0 Å². The maximum absolute atomic E-state index is 12.1. The van der Waals surface area contributed by atoms with Crippen molar-refractivity contribution in [2.45, 2.75) is 33.2 Å². The van der Waals surface area contributed by atoms with E-state index in [0.717, 1.165) is 26.1 Å². The summed E-state index contributed by atoms with van der Waals surface area (Å²) in [7, 11) is 0. The van der Waals surface area contributed by atoms with Crippen molar-refractivity contribution < 1.29 is 9.53 Å². The Balaban J connectivity index is 1.92. The Morgan fingerprint density at radius 2 is 2.42 bits per heavy atom. The van der Waals surface area contributed by atoms with Gasteiger partial charge in [-0.05, 0) is 32.6 Å². The second kappa shape index (κ2) is 6.06. The van der Waals surface area contributed by atoms with E-state index in [1.54, 1.807) is 4.68 Å². The molecule has 1 aliphatic rings. The standard InChI is InChI=1S/C13H22N4O2/c1-3-17-12(11(14)9(2)16-17)13(18)15-6-4-10-5-7-19-8-10/h10H,3-8,14H2,1-2H3,(H,15,18). The summed E-state index contributed by atoms with van der Waals surface area (Å²) in [6.45, 7) is 6.70. The van der Waals surface area contributed by atoms with E-state index < -0.39 is 0 Å². The highest BCUT2D eigenvalue weighted by Gasteiger charge is 2.20. The molecule has 1 amide bonds. The van der Waals surface area contributed by atoms with Gasteiger partial charge in [-0.25, -0.2) is 0 Å². The van der Waals surface area contributed by atoms with Crippen LogP contribution in [0.2, 0.25) is 0 Å². The van der Waals surface area contributed by atoms with Crippen LogP contribution in [-0.4, -0.2) is 35.4 Å². The van der Waals surface area contributed by atoms with E-state index in [-0.39, 0.29) is 5.91 Å². The molecule has 1 atom stereocenters. The van der Waals surface area contributed by atoms with Crippen LogP contribution in [-0.2, 0) is 11.3 Å². The largest absolute Gasteiger partial charge is 0.395 e. The highest BCUT2D eigenvalue weighted by molar-refractivity contribution is 5.97. The molecule has 3 N–H and O–H groups in total. The lowest BCUT2D eigenvalue weighted by Gasteiger charge is -2.10. The summed E-state index contributed by atoms with van der Waals surface area (Å²) in [5, 5.41) is 7.17. The first-order valence-corrected chi connectivity index (χ1v) is 6.82. The topological polar surface area (TPSA) is 82.2 Å². The van der Waals surface area contributed by atoms with E-state index in [0.29, 0.717) is 36.1 Å². The number of hydrogen-bond donors (Lipinski definition) is 2. The van der Waals surface area contributed by atoms with Gasteiger partial charge < -0.3 is 15.8 Å². The van der Waals surface area contributed by atoms with Crippen LogP contribution in [0.3, 0.4) is 0 Å². The molecule has 1 unspecified atom stereocenters. The smallest absolute Gasteiger partial charge is 0.271 e. The first-order valence-electron chi connectivity index (χ1n) is 6.82. The van der Waals surface area contributed by atoms with Gasteiger partial charge in [-0.2, -0.15) is 5.10 Å². The Kier molecular flexibility index (Phi) is 4.42. The lowest BCUT2D eigenvalue weighted by Crippen LogP contribution is -2.29. The molecule has 0 saturated carbocycles. The molecule has 1 fully saturated rings. The second-order valence-electron chi connectivity index (χ2n) is 4.94. The molecule has 1 saturated heterocycles. The second-order valence-corrected chi connectivity index (χ2v) is 4.94. The minimum Gasteiger partial charge on any atom is -0.395 e. The lowest BCUT2D eigenvalue weighted by molar-refractivity contribution is 0.0940. The first-order chi connectivity index (χ1) is 9.13. The molecule has 1 aliphatic heterocycles. The number of nitrogen functional groups attached to an aromatic ring is 1. The quantitative estimate of drug-likeness (QED) is 0.831. The summed E-state index contributed by atoms with van der Waals surface area (Å²) in [6, 6.07) is 0. The van der Waals surface area contributed by atoms with Gasteiger partial charge in [-0.3, -0.25) is 9.48 Å². The van der Waals surface area contributed by atoms with Gasteiger partial charge in [-0.15, -0.1) is 0 Å². The van der Waals surface area contributed by atoms with Crippen molar-refractivity contribution >= 4 is 11.6 Å². The number of aromatic nitrogens is 2. The summed E-state index contributed by atoms with van der Waals surface area (Å²) in [5.41, 5.74) is 7.56.